The van der Waals surface area contributed by atoms with Crippen LogP contribution in [-0.4, -0.2) is 16.1 Å². The minimum atomic E-state index is -0.543. The van der Waals surface area contributed by atoms with Gasteiger partial charge in [-0.15, -0.1) is 0 Å². The highest BCUT2D eigenvalue weighted by atomic mass is 79.9. The number of hydrogen-bond donors (Lipinski definition) is 2. The number of carbonyl (C=O) groups is 1. The van der Waals surface area contributed by atoms with E-state index in [0.29, 0.717) is 5.95 Å². The predicted octanol–water partition coefficient (Wildman–Crippen LogP) is 4.38. The lowest BCUT2D eigenvalue weighted by Crippen LogP contribution is -2.14. The summed E-state index contributed by atoms with van der Waals surface area (Å²) in [6.07, 6.45) is -0.543. The van der Waals surface area contributed by atoms with Gasteiger partial charge in [-0.1, -0.05) is 46.3 Å². The molecule has 0 unspecified atom stereocenters. The SMILES string of the molecule is Cc1cc2[nH]c(NC(=O)OCc3ccccc3)nc2cc1Br. The summed E-state index contributed by atoms with van der Waals surface area (Å²) in [4.78, 5) is 19.2. The minimum absolute atomic E-state index is 0.220. The van der Waals surface area contributed by atoms with Gasteiger partial charge in [-0.3, -0.25) is 5.32 Å². The number of halogens is 1. The summed E-state index contributed by atoms with van der Waals surface area (Å²) in [7, 11) is 0. The molecule has 0 atom stereocenters. The molecule has 0 spiro atoms. The summed E-state index contributed by atoms with van der Waals surface area (Å²) in [6, 6.07) is 13.4. The summed E-state index contributed by atoms with van der Waals surface area (Å²) >= 11 is 3.46. The molecule has 1 amide bonds. The zero-order valence-electron chi connectivity index (χ0n) is 11.9. The number of rotatable bonds is 3. The Morgan fingerprint density at radius 2 is 2.09 bits per heavy atom. The monoisotopic (exact) mass is 359 g/mol. The molecule has 3 aromatic rings. The van der Waals surface area contributed by atoms with Crippen LogP contribution in [0.25, 0.3) is 11.0 Å². The highest BCUT2D eigenvalue weighted by Crippen LogP contribution is 2.23. The number of aromatic nitrogens is 2. The predicted molar refractivity (Wildman–Crippen MR) is 88.8 cm³/mol. The van der Waals surface area contributed by atoms with E-state index in [4.69, 9.17) is 4.74 Å². The number of aromatic amines is 1. The second-order valence-electron chi connectivity index (χ2n) is 4.89. The number of nitrogens with one attached hydrogen (secondary N) is 2. The van der Waals surface area contributed by atoms with E-state index in [9.17, 15) is 4.79 Å². The van der Waals surface area contributed by atoms with Gasteiger partial charge in [0.05, 0.1) is 11.0 Å². The van der Waals surface area contributed by atoms with Gasteiger partial charge in [0, 0.05) is 4.47 Å². The molecule has 22 heavy (non-hydrogen) atoms. The van der Waals surface area contributed by atoms with Crippen molar-refractivity contribution in [2.24, 2.45) is 0 Å². The number of fused-ring (bicyclic) bond motifs is 1. The molecule has 1 heterocycles. The highest BCUT2D eigenvalue weighted by molar-refractivity contribution is 9.10. The summed E-state index contributed by atoms with van der Waals surface area (Å²) in [5.74, 6) is 0.366. The molecule has 0 bridgehead atoms. The number of imidazole rings is 1. The average Bonchev–Trinajstić information content (AvgIpc) is 2.88. The topological polar surface area (TPSA) is 67.0 Å². The third-order valence-corrected chi connectivity index (χ3v) is 4.05. The van der Waals surface area contributed by atoms with Crippen LogP contribution in [0.1, 0.15) is 11.1 Å². The Morgan fingerprint density at radius 3 is 2.86 bits per heavy atom. The zero-order valence-corrected chi connectivity index (χ0v) is 13.5. The van der Waals surface area contributed by atoms with Crippen molar-refractivity contribution in [3.8, 4) is 0 Å². The molecule has 112 valence electrons. The van der Waals surface area contributed by atoms with Crippen LogP contribution in [0.2, 0.25) is 0 Å². The molecule has 0 saturated carbocycles. The maximum Gasteiger partial charge on any atom is 0.414 e. The van der Waals surface area contributed by atoms with Crippen molar-refractivity contribution in [1.82, 2.24) is 9.97 Å². The van der Waals surface area contributed by atoms with Crippen LogP contribution in [0.5, 0.6) is 0 Å². The van der Waals surface area contributed by atoms with Crippen LogP contribution in [0.3, 0.4) is 0 Å². The third-order valence-electron chi connectivity index (χ3n) is 3.20. The number of carbonyl (C=O) groups excluding carboxylic acids is 1. The van der Waals surface area contributed by atoms with Gasteiger partial charge >= 0.3 is 6.09 Å². The fourth-order valence-corrected chi connectivity index (χ4v) is 2.39. The molecule has 0 fully saturated rings. The number of ether oxygens (including phenoxy) is 1. The first-order valence-electron chi connectivity index (χ1n) is 6.75. The average molecular weight is 360 g/mol. The Morgan fingerprint density at radius 1 is 1.32 bits per heavy atom. The van der Waals surface area contributed by atoms with E-state index in [0.717, 1.165) is 26.6 Å². The highest BCUT2D eigenvalue weighted by Gasteiger charge is 2.09. The van der Waals surface area contributed by atoms with E-state index in [-0.39, 0.29) is 6.61 Å². The first kappa shape index (κ1) is 14.6. The second kappa shape index (κ2) is 6.19. The summed E-state index contributed by atoms with van der Waals surface area (Å²) < 4.78 is 6.13. The second-order valence-corrected chi connectivity index (χ2v) is 5.75. The first-order valence-corrected chi connectivity index (χ1v) is 7.55. The van der Waals surface area contributed by atoms with Crippen LogP contribution in [0.15, 0.2) is 46.9 Å². The first-order chi connectivity index (χ1) is 10.6. The number of H-pyrrole nitrogens is 1. The fraction of sp³-hybridized carbons (Fsp3) is 0.125. The van der Waals surface area contributed by atoms with Gasteiger partial charge in [0.25, 0.3) is 0 Å². The van der Waals surface area contributed by atoms with Gasteiger partial charge in [-0.25, -0.2) is 9.78 Å². The lowest BCUT2D eigenvalue weighted by Gasteiger charge is -2.04. The summed E-state index contributed by atoms with van der Waals surface area (Å²) in [6.45, 7) is 2.21. The number of anilines is 1. The van der Waals surface area contributed by atoms with Crippen LogP contribution in [-0.2, 0) is 11.3 Å². The number of aryl methyl sites for hydroxylation is 1. The van der Waals surface area contributed by atoms with Crippen molar-refractivity contribution in [3.63, 3.8) is 0 Å². The number of amides is 1. The lowest BCUT2D eigenvalue weighted by atomic mass is 10.2. The van der Waals surface area contributed by atoms with Gasteiger partial charge in [0.2, 0.25) is 5.95 Å². The number of benzene rings is 2. The maximum absolute atomic E-state index is 11.8. The largest absolute Gasteiger partial charge is 0.444 e. The van der Waals surface area contributed by atoms with Crippen molar-refractivity contribution >= 4 is 39.0 Å². The standard InChI is InChI=1S/C16H14BrN3O2/c1-10-7-13-14(8-12(10)17)19-15(18-13)20-16(21)22-9-11-5-3-2-4-6-11/h2-8H,9H2,1H3,(H2,18,19,20,21). The molecule has 2 aromatic carbocycles. The van der Waals surface area contributed by atoms with E-state index in [1.807, 2.05) is 49.4 Å². The molecule has 2 N–H and O–H groups in total. The Labute approximate surface area is 135 Å². The normalized spacial score (nSPS) is 10.6. The molecule has 6 heteroatoms. The van der Waals surface area contributed by atoms with Crippen molar-refractivity contribution in [2.75, 3.05) is 5.32 Å². The van der Waals surface area contributed by atoms with E-state index < -0.39 is 6.09 Å². The van der Waals surface area contributed by atoms with E-state index in [1.54, 1.807) is 0 Å². The third kappa shape index (κ3) is 3.28. The van der Waals surface area contributed by atoms with Crippen molar-refractivity contribution < 1.29 is 9.53 Å². The van der Waals surface area contributed by atoms with Crippen LogP contribution < -0.4 is 5.32 Å². The molecule has 0 aliphatic heterocycles. The summed E-state index contributed by atoms with van der Waals surface area (Å²) in [5.41, 5.74) is 3.66. The molecule has 0 aliphatic rings. The Kier molecular flexibility index (Phi) is 4.11. The molecule has 1 aromatic heterocycles. The maximum atomic E-state index is 11.8. The molecule has 5 nitrogen and oxygen atoms in total. The Balaban J connectivity index is 1.66. The van der Waals surface area contributed by atoms with E-state index >= 15 is 0 Å². The quantitative estimate of drug-likeness (QED) is 0.728. The molecular formula is C16H14BrN3O2. The fourth-order valence-electron chi connectivity index (χ4n) is 2.05. The van der Waals surface area contributed by atoms with Gasteiger partial charge in [0.15, 0.2) is 0 Å². The van der Waals surface area contributed by atoms with Crippen molar-refractivity contribution in [1.29, 1.82) is 0 Å². The zero-order chi connectivity index (χ0) is 15.5. The van der Waals surface area contributed by atoms with Crippen LogP contribution in [0.4, 0.5) is 10.7 Å². The molecule has 0 aliphatic carbocycles. The molecule has 0 radical (unpaired) electrons. The van der Waals surface area contributed by atoms with Gasteiger partial charge < -0.3 is 9.72 Å². The molecular weight excluding hydrogens is 346 g/mol. The Bertz CT molecular complexity index is 776. The van der Waals surface area contributed by atoms with Crippen LogP contribution >= 0.6 is 15.9 Å². The lowest BCUT2D eigenvalue weighted by molar-refractivity contribution is 0.155. The van der Waals surface area contributed by atoms with E-state index in [1.165, 1.54) is 0 Å². The smallest absolute Gasteiger partial charge is 0.414 e. The number of nitrogens with zero attached hydrogens (tertiary/aromatic N) is 1. The van der Waals surface area contributed by atoms with Crippen molar-refractivity contribution in [2.45, 2.75) is 13.5 Å². The number of hydrogen-bond acceptors (Lipinski definition) is 3. The molecule has 0 saturated heterocycles. The minimum Gasteiger partial charge on any atom is -0.444 e. The van der Waals surface area contributed by atoms with E-state index in [2.05, 4.69) is 31.2 Å². The molecule has 3 rings (SSSR count). The Hall–Kier alpha value is -2.34. The van der Waals surface area contributed by atoms with Gasteiger partial charge in [-0.2, -0.15) is 0 Å². The van der Waals surface area contributed by atoms with Crippen molar-refractivity contribution in [3.05, 3.63) is 58.1 Å². The summed E-state index contributed by atoms with van der Waals surface area (Å²) in [5, 5.41) is 2.60. The van der Waals surface area contributed by atoms with Crippen LogP contribution in [0, 0.1) is 6.92 Å². The van der Waals surface area contributed by atoms with Gasteiger partial charge in [0.1, 0.15) is 6.61 Å². The van der Waals surface area contributed by atoms with Gasteiger partial charge in [-0.05, 0) is 30.2 Å².